The molecule has 0 heterocycles. The fraction of sp³-hybridized carbons (Fsp3) is 0.471. The first-order valence-corrected chi connectivity index (χ1v) is 7.27. The molecule has 0 spiro atoms. The van der Waals surface area contributed by atoms with Crippen molar-refractivity contribution in [3.05, 3.63) is 35.1 Å². The first-order valence-electron chi connectivity index (χ1n) is 7.27. The standard InChI is InChI=1S/C17H20FNO2/c1-12-4-2-6-15(12)17(21)19-11-14-10-13(5-3-9-20)7-8-16(14)18/h7-8,10,12,15,20H,2,4,6,9,11H2,1H3,(H,19,21). The van der Waals surface area contributed by atoms with Gasteiger partial charge in [-0.15, -0.1) is 0 Å². The summed E-state index contributed by atoms with van der Waals surface area (Å²) >= 11 is 0. The highest BCUT2D eigenvalue weighted by molar-refractivity contribution is 5.79. The number of rotatable bonds is 3. The SMILES string of the molecule is CC1CCCC1C(=O)NCc1cc(C#CCO)ccc1F. The molecule has 0 aliphatic heterocycles. The van der Waals surface area contributed by atoms with Crippen LogP contribution in [0, 0.1) is 29.5 Å². The predicted octanol–water partition coefficient (Wildman–Crippen LogP) is 2.22. The molecule has 112 valence electrons. The summed E-state index contributed by atoms with van der Waals surface area (Å²) in [4.78, 5) is 12.1. The van der Waals surface area contributed by atoms with Gasteiger partial charge in [-0.25, -0.2) is 4.39 Å². The van der Waals surface area contributed by atoms with Crippen molar-refractivity contribution in [3.63, 3.8) is 0 Å². The Balaban J connectivity index is 2.00. The molecule has 3 nitrogen and oxygen atoms in total. The Morgan fingerprint density at radius 1 is 1.48 bits per heavy atom. The average Bonchev–Trinajstić information content (AvgIpc) is 2.91. The molecule has 21 heavy (non-hydrogen) atoms. The normalized spacial score (nSPS) is 20.7. The van der Waals surface area contributed by atoms with Gasteiger partial charge in [0.1, 0.15) is 12.4 Å². The number of aliphatic hydroxyl groups excluding tert-OH is 1. The Labute approximate surface area is 124 Å². The number of carbonyl (C=O) groups is 1. The molecule has 1 aromatic carbocycles. The average molecular weight is 289 g/mol. The fourth-order valence-corrected chi connectivity index (χ4v) is 2.78. The van der Waals surface area contributed by atoms with Crippen molar-refractivity contribution in [1.29, 1.82) is 0 Å². The smallest absolute Gasteiger partial charge is 0.223 e. The minimum Gasteiger partial charge on any atom is -0.384 e. The maximum Gasteiger partial charge on any atom is 0.223 e. The van der Waals surface area contributed by atoms with E-state index in [1.807, 2.05) is 0 Å². The van der Waals surface area contributed by atoms with Crippen LogP contribution < -0.4 is 5.32 Å². The molecule has 1 saturated carbocycles. The van der Waals surface area contributed by atoms with Gasteiger partial charge in [0.2, 0.25) is 5.91 Å². The van der Waals surface area contributed by atoms with Crippen molar-refractivity contribution in [3.8, 4) is 11.8 Å². The van der Waals surface area contributed by atoms with E-state index >= 15 is 0 Å². The summed E-state index contributed by atoms with van der Waals surface area (Å²) in [7, 11) is 0. The van der Waals surface area contributed by atoms with Crippen molar-refractivity contribution >= 4 is 5.91 Å². The number of benzene rings is 1. The number of carbonyl (C=O) groups excluding carboxylic acids is 1. The van der Waals surface area contributed by atoms with Gasteiger partial charge in [0.05, 0.1) is 0 Å². The fourth-order valence-electron chi connectivity index (χ4n) is 2.78. The van der Waals surface area contributed by atoms with Crippen LogP contribution in [-0.4, -0.2) is 17.6 Å². The number of hydrogen-bond donors (Lipinski definition) is 2. The molecule has 2 unspecified atom stereocenters. The zero-order valence-corrected chi connectivity index (χ0v) is 12.2. The van der Waals surface area contributed by atoms with Crippen molar-refractivity contribution in [2.45, 2.75) is 32.7 Å². The Morgan fingerprint density at radius 3 is 2.95 bits per heavy atom. The number of aliphatic hydroxyl groups is 1. The van der Waals surface area contributed by atoms with E-state index in [9.17, 15) is 9.18 Å². The quantitative estimate of drug-likeness (QED) is 0.838. The number of halogens is 1. The van der Waals surface area contributed by atoms with Gasteiger partial charge in [0.25, 0.3) is 0 Å². The number of amides is 1. The minimum atomic E-state index is -0.357. The van der Waals surface area contributed by atoms with Gasteiger partial charge in [-0.05, 0) is 37.0 Å². The predicted molar refractivity (Wildman–Crippen MR) is 78.7 cm³/mol. The molecule has 0 saturated heterocycles. The second-order valence-electron chi connectivity index (χ2n) is 5.50. The van der Waals surface area contributed by atoms with Gasteiger partial charge in [-0.1, -0.05) is 25.2 Å². The molecule has 2 rings (SSSR count). The molecule has 0 aromatic heterocycles. The molecule has 1 aromatic rings. The van der Waals surface area contributed by atoms with Crippen LogP contribution in [0.5, 0.6) is 0 Å². The summed E-state index contributed by atoms with van der Waals surface area (Å²) in [6.07, 6.45) is 3.08. The lowest BCUT2D eigenvalue weighted by atomic mass is 9.97. The molecule has 0 radical (unpaired) electrons. The lowest BCUT2D eigenvalue weighted by molar-refractivity contribution is -0.126. The van der Waals surface area contributed by atoms with Crippen molar-refractivity contribution < 1.29 is 14.3 Å². The minimum absolute atomic E-state index is 0.00578. The van der Waals surface area contributed by atoms with E-state index < -0.39 is 0 Å². The summed E-state index contributed by atoms with van der Waals surface area (Å²) in [6.45, 7) is 2.02. The molecule has 2 N–H and O–H groups in total. The van der Waals surface area contributed by atoms with Gasteiger partial charge in [0.15, 0.2) is 0 Å². The van der Waals surface area contributed by atoms with Crippen LogP contribution in [0.1, 0.15) is 37.3 Å². The van der Waals surface area contributed by atoms with Crippen molar-refractivity contribution in [1.82, 2.24) is 5.32 Å². The summed E-state index contributed by atoms with van der Waals surface area (Å²) in [6, 6.07) is 4.50. The summed E-state index contributed by atoms with van der Waals surface area (Å²) < 4.78 is 13.7. The zero-order valence-electron chi connectivity index (χ0n) is 12.2. The Kier molecular flexibility index (Phi) is 5.35. The van der Waals surface area contributed by atoms with Crippen LogP contribution in [0.25, 0.3) is 0 Å². The molecule has 2 atom stereocenters. The molecular formula is C17H20FNO2. The second kappa shape index (κ2) is 7.24. The second-order valence-corrected chi connectivity index (χ2v) is 5.50. The third-order valence-corrected chi connectivity index (χ3v) is 4.01. The third kappa shape index (κ3) is 4.05. The molecule has 1 amide bonds. The largest absolute Gasteiger partial charge is 0.384 e. The number of nitrogens with one attached hydrogen (secondary N) is 1. The molecule has 1 aliphatic carbocycles. The highest BCUT2D eigenvalue weighted by Crippen LogP contribution is 2.31. The van der Waals surface area contributed by atoms with Crippen LogP contribution in [0.15, 0.2) is 18.2 Å². The van der Waals surface area contributed by atoms with Gasteiger partial charge >= 0.3 is 0 Å². The Bertz CT molecular complexity index is 574. The topological polar surface area (TPSA) is 49.3 Å². The van der Waals surface area contributed by atoms with E-state index in [0.717, 1.165) is 19.3 Å². The van der Waals surface area contributed by atoms with E-state index in [0.29, 0.717) is 17.0 Å². The molecule has 4 heteroatoms. The maximum absolute atomic E-state index is 13.7. The van der Waals surface area contributed by atoms with E-state index in [4.69, 9.17) is 5.11 Å². The van der Waals surface area contributed by atoms with Gasteiger partial charge in [-0.3, -0.25) is 4.79 Å². The van der Waals surface area contributed by atoms with Gasteiger partial charge in [-0.2, -0.15) is 0 Å². The highest BCUT2D eigenvalue weighted by Gasteiger charge is 2.29. The first-order chi connectivity index (χ1) is 10.1. The third-order valence-electron chi connectivity index (χ3n) is 4.01. The summed E-state index contributed by atoms with van der Waals surface area (Å²) in [5, 5.41) is 11.5. The summed E-state index contributed by atoms with van der Waals surface area (Å²) in [5.41, 5.74) is 1.04. The van der Waals surface area contributed by atoms with E-state index in [2.05, 4.69) is 24.1 Å². The van der Waals surface area contributed by atoms with Gasteiger partial charge < -0.3 is 10.4 Å². The first kappa shape index (κ1) is 15.5. The Morgan fingerprint density at radius 2 is 2.29 bits per heavy atom. The van der Waals surface area contributed by atoms with E-state index in [-0.39, 0.29) is 30.8 Å². The van der Waals surface area contributed by atoms with Crippen LogP contribution in [0.3, 0.4) is 0 Å². The molecule has 1 fully saturated rings. The summed E-state index contributed by atoms with van der Waals surface area (Å²) in [5.74, 6) is 5.35. The van der Waals surface area contributed by atoms with Crippen LogP contribution in [-0.2, 0) is 11.3 Å². The zero-order chi connectivity index (χ0) is 15.2. The van der Waals surface area contributed by atoms with E-state index in [1.54, 1.807) is 12.1 Å². The van der Waals surface area contributed by atoms with Gasteiger partial charge in [0, 0.05) is 23.6 Å². The molecular weight excluding hydrogens is 269 g/mol. The highest BCUT2D eigenvalue weighted by atomic mass is 19.1. The van der Waals surface area contributed by atoms with Crippen LogP contribution >= 0.6 is 0 Å². The number of hydrogen-bond acceptors (Lipinski definition) is 2. The maximum atomic E-state index is 13.7. The lowest BCUT2D eigenvalue weighted by Crippen LogP contribution is -2.31. The molecule has 0 bridgehead atoms. The Hall–Kier alpha value is -1.86. The van der Waals surface area contributed by atoms with Crippen molar-refractivity contribution in [2.24, 2.45) is 11.8 Å². The lowest BCUT2D eigenvalue weighted by Gasteiger charge is -2.15. The monoisotopic (exact) mass is 289 g/mol. The van der Waals surface area contributed by atoms with Crippen LogP contribution in [0.4, 0.5) is 4.39 Å². The van der Waals surface area contributed by atoms with Crippen molar-refractivity contribution in [2.75, 3.05) is 6.61 Å². The van der Waals surface area contributed by atoms with E-state index in [1.165, 1.54) is 6.07 Å². The van der Waals surface area contributed by atoms with Crippen LogP contribution in [0.2, 0.25) is 0 Å². The molecule has 1 aliphatic rings.